The minimum atomic E-state index is -0.896. The standard InChI is InChI=1S/C18H21NO3/c1-13(15-7-9-17(22-2)10-8-15)11-19-12-14-3-5-16(6-4-14)18(20)21/h3-10,13,19H,11-12H2,1-2H3,(H,20,21). The highest BCUT2D eigenvalue weighted by molar-refractivity contribution is 5.87. The number of hydrogen-bond acceptors (Lipinski definition) is 3. The maximum Gasteiger partial charge on any atom is 0.335 e. The smallest absolute Gasteiger partial charge is 0.335 e. The third-order valence-corrected chi connectivity index (χ3v) is 3.67. The summed E-state index contributed by atoms with van der Waals surface area (Å²) in [6, 6.07) is 15.0. The van der Waals surface area contributed by atoms with Crippen LogP contribution in [-0.2, 0) is 6.54 Å². The lowest BCUT2D eigenvalue weighted by Crippen LogP contribution is -2.19. The number of methoxy groups -OCH3 is 1. The number of nitrogens with one attached hydrogen (secondary N) is 1. The molecule has 0 heterocycles. The zero-order valence-corrected chi connectivity index (χ0v) is 12.9. The second-order valence-electron chi connectivity index (χ2n) is 5.31. The molecule has 0 amide bonds. The molecule has 0 saturated carbocycles. The monoisotopic (exact) mass is 299 g/mol. The number of carboxylic acids is 1. The van der Waals surface area contributed by atoms with Gasteiger partial charge in [-0.3, -0.25) is 0 Å². The van der Waals surface area contributed by atoms with E-state index in [1.165, 1.54) is 5.56 Å². The van der Waals surface area contributed by atoms with Crippen LogP contribution in [0.3, 0.4) is 0 Å². The third kappa shape index (κ3) is 4.33. The molecule has 2 rings (SSSR count). The second-order valence-corrected chi connectivity index (χ2v) is 5.31. The molecule has 0 spiro atoms. The molecule has 0 aromatic heterocycles. The zero-order valence-electron chi connectivity index (χ0n) is 12.9. The van der Waals surface area contributed by atoms with Crippen LogP contribution in [0.1, 0.15) is 34.3 Å². The SMILES string of the molecule is COc1ccc(C(C)CNCc2ccc(C(=O)O)cc2)cc1. The Kier molecular flexibility index (Phi) is 5.55. The fourth-order valence-corrected chi connectivity index (χ4v) is 2.25. The number of ether oxygens (including phenoxy) is 1. The largest absolute Gasteiger partial charge is 0.497 e. The molecule has 0 fully saturated rings. The topological polar surface area (TPSA) is 58.6 Å². The highest BCUT2D eigenvalue weighted by Gasteiger charge is 2.06. The molecule has 0 bridgehead atoms. The quantitative estimate of drug-likeness (QED) is 0.823. The highest BCUT2D eigenvalue weighted by Crippen LogP contribution is 2.18. The lowest BCUT2D eigenvalue weighted by Gasteiger charge is -2.14. The van der Waals surface area contributed by atoms with Crippen molar-refractivity contribution in [2.45, 2.75) is 19.4 Å². The Hall–Kier alpha value is -2.33. The van der Waals surface area contributed by atoms with Crippen LogP contribution in [-0.4, -0.2) is 24.7 Å². The molecule has 1 unspecified atom stereocenters. The van der Waals surface area contributed by atoms with Gasteiger partial charge in [-0.1, -0.05) is 31.2 Å². The second kappa shape index (κ2) is 7.61. The van der Waals surface area contributed by atoms with Crippen molar-refractivity contribution in [1.82, 2.24) is 5.32 Å². The van der Waals surface area contributed by atoms with E-state index in [1.807, 2.05) is 24.3 Å². The first-order valence-electron chi connectivity index (χ1n) is 7.27. The van der Waals surface area contributed by atoms with Gasteiger partial charge >= 0.3 is 5.97 Å². The van der Waals surface area contributed by atoms with Gasteiger partial charge in [0.05, 0.1) is 12.7 Å². The molecule has 0 radical (unpaired) electrons. The number of aromatic carboxylic acids is 1. The molecule has 1 atom stereocenters. The Bertz CT molecular complexity index is 605. The summed E-state index contributed by atoms with van der Waals surface area (Å²) >= 11 is 0. The molecule has 2 N–H and O–H groups in total. The van der Waals surface area contributed by atoms with Crippen molar-refractivity contribution >= 4 is 5.97 Å². The molecule has 4 nitrogen and oxygen atoms in total. The van der Waals surface area contributed by atoms with Gasteiger partial charge in [0.1, 0.15) is 5.75 Å². The van der Waals surface area contributed by atoms with Crippen molar-refractivity contribution in [1.29, 1.82) is 0 Å². The summed E-state index contributed by atoms with van der Waals surface area (Å²) in [5.41, 5.74) is 2.65. The van der Waals surface area contributed by atoms with Crippen LogP contribution in [0.2, 0.25) is 0 Å². The minimum absolute atomic E-state index is 0.315. The molecule has 0 aliphatic carbocycles. The first-order valence-corrected chi connectivity index (χ1v) is 7.27. The van der Waals surface area contributed by atoms with Crippen molar-refractivity contribution in [2.24, 2.45) is 0 Å². The first-order chi connectivity index (χ1) is 10.6. The fraction of sp³-hybridized carbons (Fsp3) is 0.278. The Morgan fingerprint density at radius 2 is 1.77 bits per heavy atom. The Labute approximate surface area is 130 Å². The number of carbonyl (C=O) groups is 1. The van der Waals surface area contributed by atoms with Gasteiger partial charge < -0.3 is 15.2 Å². The van der Waals surface area contributed by atoms with Crippen LogP contribution in [0.4, 0.5) is 0 Å². The van der Waals surface area contributed by atoms with Gasteiger partial charge in [0.2, 0.25) is 0 Å². The molecular formula is C18H21NO3. The van der Waals surface area contributed by atoms with E-state index in [2.05, 4.69) is 24.4 Å². The summed E-state index contributed by atoms with van der Waals surface area (Å²) in [6.45, 7) is 3.75. The number of rotatable bonds is 7. The average Bonchev–Trinajstić information content (AvgIpc) is 2.55. The fourth-order valence-electron chi connectivity index (χ4n) is 2.25. The summed E-state index contributed by atoms with van der Waals surface area (Å²) in [5.74, 6) is 0.360. The van der Waals surface area contributed by atoms with Gasteiger partial charge in [0.15, 0.2) is 0 Å². The van der Waals surface area contributed by atoms with E-state index in [1.54, 1.807) is 19.2 Å². The van der Waals surface area contributed by atoms with E-state index in [4.69, 9.17) is 9.84 Å². The van der Waals surface area contributed by atoms with Crippen molar-refractivity contribution in [3.63, 3.8) is 0 Å². The van der Waals surface area contributed by atoms with E-state index in [-0.39, 0.29) is 0 Å². The van der Waals surface area contributed by atoms with Gasteiger partial charge in [-0.2, -0.15) is 0 Å². The molecule has 2 aromatic rings. The van der Waals surface area contributed by atoms with Crippen molar-refractivity contribution in [3.8, 4) is 5.75 Å². The maximum atomic E-state index is 10.8. The molecule has 116 valence electrons. The van der Waals surface area contributed by atoms with Gasteiger partial charge in [0.25, 0.3) is 0 Å². The Morgan fingerprint density at radius 1 is 1.14 bits per heavy atom. The molecule has 22 heavy (non-hydrogen) atoms. The van der Waals surface area contributed by atoms with Gasteiger partial charge in [-0.15, -0.1) is 0 Å². The normalized spacial score (nSPS) is 11.9. The molecule has 4 heteroatoms. The number of benzene rings is 2. The zero-order chi connectivity index (χ0) is 15.9. The van der Waals surface area contributed by atoms with Gasteiger partial charge in [-0.05, 0) is 41.3 Å². The number of carboxylic acid groups (broad SMARTS) is 1. The van der Waals surface area contributed by atoms with Crippen LogP contribution in [0, 0.1) is 0 Å². The predicted octanol–water partition coefficient (Wildman–Crippen LogP) is 3.29. The number of hydrogen-bond donors (Lipinski definition) is 2. The van der Waals surface area contributed by atoms with Crippen molar-refractivity contribution in [2.75, 3.05) is 13.7 Å². The highest BCUT2D eigenvalue weighted by atomic mass is 16.5. The van der Waals surface area contributed by atoms with E-state index in [0.29, 0.717) is 11.5 Å². The van der Waals surface area contributed by atoms with E-state index < -0.39 is 5.97 Å². The van der Waals surface area contributed by atoms with Crippen molar-refractivity contribution < 1.29 is 14.6 Å². The average molecular weight is 299 g/mol. The van der Waals surface area contributed by atoms with Crippen LogP contribution in [0.25, 0.3) is 0 Å². The van der Waals surface area contributed by atoms with Crippen LogP contribution >= 0.6 is 0 Å². The lowest BCUT2D eigenvalue weighted by atomic mass is 10.0. The van der Waals surface area contributed by atoms with Crippen LogP contribution in [0.5, 0.6) is 5.75 Å². The van der Waals surface area contributed by atoms with E-state index in [0.717, 1.165) is 24.4 Å². The van der Waals surface area contributed by atoms with Crippen molar-refractivity contribution in [3.05, 3.63) is 65.2 Å². The van der Waals surface area contributed by atoms with Gasteiger partial charge in [-0.25, -0.2) is 4.79 Å². The predicted molar refractivity (Wildman–Crippen MR) is 86.5 cm³/mol. The lowest BCUT2D eigenvalue weighted by molar-refractivity contribution is 0.0697. The maximum absolute atomic E-state index is 10.8. The summed E-state index contributed by atoms with van der Waals surface area (Å²) in [6.07, 6.45) is 0. The van der Waals surface area contributed by atoms with Crippen LogP contribution in [0.15, 0.2) is 48.5 Å². The third-order valence-electron chi connectivity index (χ3n) is 3.67. The summed E-state index contributed by atoms with van der Waals surface area (Å²) in [5, 5.41) is 12.3. The van der Waals surface area contributed by atoms with E-state index >= 15 is 0 Å². The Balaban J connectivity index is 1.83. The van der Waals surface area contributed by atoms with Gasteiger partial charge in [0, 0.05) is 13.1 Å². The summed E-state index contributed by atoms with van der Waals surface area (Å²) in [4.78, 5) is 10.8. The molecule has 0 aliphatic heterocycles. The van der Waals surface area contributed by atoms with Crippen LogP contribution < -0.4 is 10.1 Å². The molecule has 0 saturated heterocycles. The molecule has 0 aliphatic rings. The summed E-state index contributed by atoms with van der Waals surface area (Å²) in [7, 11) is 1.66. The Morgan fingerprint density at radius 3 is 2.32 bits per heavy atom. The first kappa shape index (κ1) is 16.0. The minimum Gasteiger partial charge on any atom is -0.497 e. The molecular weight excluding hydrogens is 278 g/mol. The van der Waals surface area contributed by atoms with E-state index in [9.17, 15) is 4.79 Å². The molecule has 2 aromatic carbocycles. The summed E-state index contributed by atoms with van der Waals surface area (Å²) < 4.78 is 5.16.